The second kappa shape index (κ2) is 8.93. The fourth-order valence-corrected chi connectivity index (χ4v) is 0. The SMILES string of the molecule is O=[N+]([O-])O.[F-].[Na+]. The molecular weight excluding hydrogens is 104 g/mol. The van der Waals surface area contributed by atoms with E-state index in [1.165, 1.54) is 0 Å². The molecule has 4 nitrogen and oxygen atoms in total. The Hall–Kier alpha value is 0.130. The molecule has 0 aliphatic carbocycles. The maximum absolute atomic E-state index is 8.36. The Morgan fingerprint density at radius 2 is 1.67 bits per heavy atom. The second-order valence-corrected chi connectivity index (χ2v) is 0.238. The summed E-state index contributed by atoms with van der Waals surface area (Å²) in [5, 5.41) is 13.6. The van der Waals surface area contributed by atoms with Crippen LogP contribution in [0.1, 0.15) is 0 Å². The zero-order chi connectivity index (χ0) is 3.58. The van der Waals surface area contributed by atoms with Crippen LogP contribution in [0.2, 0.25) is 0 Å². The first-order valence-electron chi connectivity index (χ1n) is 0.565. The van der Waals surface area contributed by atoms with Crippen LogP contribution in [0.3, 0.4) is 0 Å². The summed E-state index contributed by atoms with van der Waals surface area (Å²) in [5.74, 6) is 0. The van der Waals surface area contributed by atoms with Gasteiger partial charge in [0, 0.05) is 0 Å². The Kier molecular flexibility index (Phi) is 24.5. The third-order valence-corrected chi connectivity index (χ3v) is 0. The van der Waals surface area contributed by atoms with Gasteiger partial charge in [-0.15, -0.1) is 10.1 Å². The van der Waals surface area contributed by atoms with Gasteiger partial charge in [-0.25, -0.2) is 0 Å². The average molecular weight is 105 g/mol. The van der Waals surface area contributed by atoms with Crippen LogP contribution in [0.25, 0.3) is 0 Å². The molecular formula is HFNNaO3. The summed E-state index contributed by atoms with van der Waals surface area (Å²) < 4.78 is 0. The minimum Gasteiger partial charge on any atom is -1.00 e. The fraction of sp³-hybridized carbons (Fsp3) is 0. The Bertz CT molecular complexity index is 33.8. The molecule has 0 aliphatic heterocycles. The Labute approximate surface area is 54.9 Å². The molecule has 0 aromatic heterocycles. The van der Waals surface area contributed by atoms with Crippen molar-refractivity contribution in [2.24, 2.45) is 0 Å². The van der Waals surface area contributed by atoms with Gasteiger partial charge in [0.15, 0.2) is 0 Å². The van der Waals surface area contributed by atoms with Gasteiger partial charge in [0.2, 0.25) is 0 Å². The van der Waals surface area contributed by atoms with Gasteiger partial charge in [-0.2, -0.15) is 0 Å². The molecule has 0 aromatic rings. The third-order valence-electron chi connectivity index (χ3n) is 0. The molecule has 0 bridgehead atoms. The molecule has 32 valence electrons. The molecule has 0 aliphatic rings. The largest absolute Gasteiger partial charge is 1.00 e. The summed E-state index contributed by atoms with van der Waals surface area (Å²) >= 11 is 0. The first-order chi connectivity index (χ1) is 1.73. The molecule has 0 saturated heterocycles. The average Bonchev–Trinajstić information content (AvgIpc) is 0.811. The van der Waals surface area contributed by atoms with E-state index in [1.54, 1.807) is 0 Å². The van der Waals surface area contributed by atoms with Crippen molar-refractivity contribution in [2.75, 3.05) is 0 Å². The van der Waals surface area contributed by atoms with Crippen molar-refractivity contribution in [3.05, 3.63) is 10.1 Å². The van der Waals surface area contributed by atoms with E-state index in [0.717, 1.165) is 0 Å². The molecule has 0 heterocycles. The number of hydrogen-bond donors (Lipinski definition) is 1. The second-order valence-electron chi connectivity index (χ2n) is 0.238. The topological polar surface area (TPSA) is 63.4 Å². The van der Waals surface area contributed by atoms with E-state index in [9.17, 15) is 0 Å². The molecule has 0 amide bonds. The van der Waals surface area contributed by atoms with Crippen molar-refractivity contribution in [3.8, 4) is 0 Å². The standard InChI is InChI=1S/FH.HNO3.Na/c;2-1(3)4;/h1H;(H,2,3,4);/q;;+1/p-1. The van der Waals surface area contributed by atoms with Gasteiger partial charge >= 0.3 is 29.6 Å². The summed E-state index contributed by atoms with van der Waals surface area (Å²) in [4.78, 5) is 8.36. The van der Waals surface area contributed by atoms with Gasteiger partial charge in [-0.1, -0.05) is 0 Å². The van der Waals surface area contributed by atoms with Crippen LogP contribution < -0.4 is 34.3 Å². The number of halogens is 1. The number of rotatable bonds is 0. The molecule has 0 radical (unpaired) electrons. The normalized spacial score (nSPS) is 4.00. The van der Waals surface area contributed by atoms with Crippen LogP contribution >= 0.6 is 0 Å². The van der Waals surface area contributed by atoms with Crippen molar-refractivity contribution in [1.82, 2.24) is 0 Å². The van der Waals surface area contributed by atoms with E-state index < -0.39 is 5.09 Å². The van der Waals surface area contributed by atoms with Crippen LogP contribution in [0, 0.1) is 10.1 Å². The molecule has 6 heavy (non-hydrogen) atoms. The van der Waals surface area contributed by atoms with E-state index in [-0.39, 0.29) is 34.3 Å². The van der Waals surface area contributed by atoms with Crippen LogP contribution in [0.4, 0.5) is 0 Å². The summed E-state index contributed by atoms with van der Waals surface area (Å²) in [7, 11) is 0. The predicted octanol–water partition coefficient (Wildman–Crippen LogP) is -6.34. The van der Waals surface area contributed by atoms with Gasteiger partial charge < -0.3 is 9.91 Å². The van der Waals surface area contributed by atoms with E-state index in [1.807, 2.05) is 0 Å². The minimum atomic E-state index is -1.50. The van der Waals surface area contributed by atoms with Crippen LogP contribution in [0.5, 0.6) is 0 Å². The van der Waals surface area contributed by atoms with E-state index in [0.29, 0.717) is 0 Å². The summed E-state index contributed by atoms with van der Waals surface area (Å²) in [6.45, 7) is 0. The molecule has 0 atom stereocenters. The van der Waals surface area contributed by atoms with Crippen molar-refractivity contribution < 1.29 is 44.6 Å². The smallest absolute Gasteiger partial charge is 1.00 e. The summed E-state index contributed by atoms with van der Waals surface area (Å²) in [5.41, 5.74) is 0. The molecule has 0 saturated carbocycles. The fourth-order valence-electron chi connectivity index (χ4n) is 0. The third kappa shape index (κ3) is 2390. The quantitative estimate of drug-likeness (QED) is 0.189. The molecule has 0 rings (SSSR count). The summed E-state index contributed by atoms with van der Waals surface area (Å²) in [6.07, 6.45) is 0. The minimum absolute atomic E-state index is 0. The van der Waals surface area contributed by atoms with Gasteiger partial charge in [0.25, 0.3) is 5.09 Å². The molecule has 0 unspecified atom stereocenters. The van der Waals surface area contributed by atoms with Gasteiger partial charge in [0.1, 0.15) is 0 Å². The zero-order valence-electron chi connectivity index (χ0n) is 3.09. The van der Waals surface area contributed by atoms with Gasteiger partial charge in [-0.3, -0.25) is 0 Å². The van der Waals surface area contributed by atoms with E-state index in [4.69, 9.17) is 15.3 Å². The first-order valence-corrected chi connectivity index (χ1v) is 0.565. The Morgan fingerprint density at radius 3 is 1.67 bits per heavy atom. The van der Waals surface area contributed by atoms with Crippen LogP contribution in [0.15, 0.2) is 0 Å². The van der Waals surface area contributed by atoms with Crippen LogP contribution in [-0.2, 0) is 0 Å². The molecule has 0 spiro atoms. The maximum atomic E-state index is 8.36. The maximum Gasteiger partial charge on any atom is 1.00 e. The number of hydrogen-bond acceptors (Lipinski definition) is 2. The predicted molar refractivity (Wildman–Crippen MR) is 8.78 cm³/mol. The van der Waals surface area contributed by atoms with Crippen LogP contribution in [-0.4, -0.2) is 10.3 Å². The molecule has 6 heteroatoms. The Balaban J connectivity index is -0.0000000450. The number of nitrogens with zero attached hydrogens (tertiary/aromatic N) is 1. The van der Waals surface area contributed by atoms with Crippen molar-refractivity contribution in [1.29, 1.82) is 0 Å². The zero-order valence-corrected chi connectivity index (χ0v) is 5.09. The molecule has 0 aromatic carbocycles. The monoisotopic (exact) mass is 105 g/mol. The summed E-state index contributed by atoms with van der Waals surface area (Å²) in [6, 6.07) is 0. The first kappa shape index (κ1) is 16.5. The molecule has 0 fully saturated rings. The van der Waals surface area contributed by atoms with Gasteiger partial charge in [-0.05, 0) is 0 Å². The van der Waals surface area contributed by atoms with Gasteiger partial charge in [0.05, 0.1) is 0 Å². The Morgan fingerprint density at radius 1 is 1.67 bits per heavy atom. The van der Waals surface area contributed by atoms with Crippen molar-refractivity contribution in [3.63, 3.8) is 0 Å². The molecule has 1 N–H and O–H groups in total. The van der Waals surface area contributed by atoms with E-state index in [2.05, 4.69) is 0 Å². The van der Waals surface area contributed by atoms with Crippen molar-refractivity contribution in [2.45, 2.75) is 0 Å². The van der Waals surface area contributed by atoms with Crippen molar-refractivity contribution >= 4 is 0 Å². The van der Waals surface area contributed by atoms with E-state index >= 15 is 0 Å².